The first kappa shape index (κ1) is 18.7. The maximum Gasteiger partial charge on any atom is 0.201 e. The molecule has 7 nitrogen and oxygen atoms in total. The van der Waals surface area contributed by atoms with Gasteiger partial charge < -0.3 is 29.2 Å². The molecule has 0 saturated heterocycles. The lowest BCUT2D eigenvalue weighted by atomic mass is 10.0. The van der Waals surface area contributed by atoms with Crippen molar-refractivity contribution >= 4 is 27.8 Å². The summed E-state index contributed by atoms with van der Waals surface area (Å²) < 4.78 is 22.6. The molecule has 0 radical (unpaired) electrons. The second-order valence-corrected chi connectivity index (χ2v) is 6.45. The molecule has 0 aliphatic rings. The Morgan fingerprint density at radius 3 is 2.17 bits per heavy atom. The van der Waals surface area contributed by atoms with Crippen LogP contribution in [0.15, 0.2) is 42.5 Å². The molecule has 3 aromatic carbocycles. The second kappa shape index (κ2) is 7.79. The minimum atomic E-state index is 0.482. The predicted molar refractivity (Wildman–Crippen MR) is 114 cm³/mol. The van der Waals surface area contributed by atoms with Crippen LogP contribution in [-0.4, -0.2) is 38.4 Å². The number of aromatic nitrogens is 2. The van der Waals surface area contributed by atoms with Crippen molar-refractivity contribution in [3.05, 3.63) is 48.0 Å². The highest BCUT2D eigenvalue weighted by atomic mass is 16.5. The highest BCUT2D eigenvalue weighted by molar-refractivity contribution is 6.03. The number of ether oxygens (including phenoxy) is 4. The zero-order valence-electron chi connectivity index (χ0n) is 16.8. The number of nitrogens with one attached hydrogen (secondary N) is 2. The molecule has 0 unspecified atom stereocenters. The summed E-state index contributed by atoms with van der Waals surface area (Å²) in [6.07, 6.45) is 0. The Labute approximate surface area is 168 Å². The average Bonchev–Trinajstić information content (AvgIpc) is 3.19. The lowest BCUT2D eigenvalue weighted by molar-refractivity contribution is 0.390. The topological polar surface area (TPSA) is 77.6 Å². The first-order valence-corrected chi connectivity index (χ1v) is 9.17. The van der Waals surface area contributed by atoms with Crippen LogP contribution in [0.4, 0.5) is 5.95 Å². The Kier molecular flexibility index (Phi) is 5.03. The molecule has 0 atom stereocenters. The predicted octanol–water partition coefficient (Wildman–Crippen LogP) is 4.36. The Morgan fingerprint density at radius 2 is 1.52 bits per heavy atom. The zero-order valence-corrected chi connectivity index (χ0v) is 16.8. The number of H-pyrrole nitrogens is 1. The smallest absolute Gasteiger partial charge is 0.201 e. The molecule has 150 valence electrons. The van der Waals surface area contributed by atoms with Crippen LogP contribution in [0, 0.1) is 0 Å². The van der Waals surface area contributed by atoms with Gasteiger partial charge in [0.25, 0.3) is 0 Å². The van der Waals surface area contributed by atoms with E-state index in [9.17, 15) is 0 Å². The Bertz CT molecular complexity index is 1140. The highest BCUT2D eigenvalue weighted by Crippen LogP contribution is 2.46. The van der Waals surface area contributed by atoms with Gasteiger partial charge >= 0.3 is 0 Å². The van der Waals surface area contributed by atoms with Gasteiger partial charge in [-0.05, 0) is 30.3 Å². The van der Waals surface area contributed by atoms with Gasteiger partial charge in [0.2, 0.25) is 5.95 Å². The normalized spacial score (nSPS) is 10.9. The Morgan fingerprint density at radius 1 is 0.828 bits per heavy atom. The van der Waals surface area contributed by atoms with E-state index in [4.69, 9.17) is 18.9 Å². The van der Waals surface area contributed by atoms with Crippen molar-refractivity contribution in [3.63, 3.8) is 0 Å². The summed E-state index contributed by atoms with van der Waals surface area (Å²) in [4.78, 5) is 7.84. The summed E-state index contributed by atoms with van der Waals surface area (Å²) >= 11 is 0. The third-order valence-electron chi connectivity index (χ3n) is 4.90. The summed E-state index contributed by atoms with van der Waals surface area (Å²) in [7, 11) is 6.54. The summed E-state index contributed by atoms with van der Waals surface area (Å²) in [5.41, 5.74) is 2.79. The van der Waals surface area contributed by atoms with E-state index in [0.29, 0.717) is 35.5 Å². The van der Waals surface area contributed by atoms with E-state index in [-0.39, 0.29) is 0 Å². The van der Waals surface area contributed by atoms with Gasteiger partial charge in [0, 0.05) is 12.1 Å². The highest BCUT2D eigenvalue weighted by Gasteiger charge is 2.21. The number of methoxy groups -OCH3 is 4. The summed E-state index contributed by atoms with van der Waals surface area (Å²) in [6.45, 7) is 0.482. The number of hydrogen-bond acceptors (Lipinski definition) is 6. The SMILES string of the molecule is COc1ccc(OC)c2c(OC)c(CNc3nc4ccccc4[nH]3)cc(OC)c12. The number of hydrogen-bond donors (Lipinski definition) is 2. The van der Waals surface area contributed by atoms with Crippen molar-refractivity contribution in [2.45, 2.75) is 6.54 Å². The van der Waals surface area contributed by atoms with Gasteiger partial charge in [0.15, 0.2) is 0 Å². The van der Waals surface area contributed by atoms with E-state index in [1.165, 1.54) is 0 Å². The number of nitrogens with zero attached hydrogens (tertiary/aromatic N) is 1. The molecular formula is C22H23N3O4. The van der Waals surface area contributed by atoms with Crippen molar-refractivity contribution in [3.8, 4) is 23.0 Å². The lowest BCUT2D eigenvalue weighted by Crippen LogP contribution is -2.05. The third-order valence-corrected chi connectivity index (χ3v) is 4.90. The number of aromatic amines is 1. The molecule has 0 aliphatic carbocycles. The number of rotatable bonds is 7. The molecule has 0 aliphatic heterocycles. The largest absolute Gasteiger partial charge is 0.496 e. The number of imidazole rings is 1. The first-order valence-electron chi connectivity index (χ1n) is 9.17. The molecular weight excluding hydrogens is 370 g/mol. The molecule has 4 rings (SSSR count). The zero-order chi connectivity index (χ0) is 20.4. The van der Waals surface area contributed by atoms with E-state index in [2.05, 4.69) is 15.3 Å². The van der Waals surface area contributed by atoms with E-state index >= 15 is 0 Å². The van der Waals surface area contributed by atoms with Gasteiger partial charge in [0.05, 0.1) is 50.2 Å². The van der Waals surface area contributed by atoms with Crippen LogP contribution in [0.3, 0.4) is 0 Å². The summed E-state index contributed by atoms with van der Waals surface area (Å²) in [6, 6.07) is 13.6. The maximum atomic E-state index is 5.79. The van der Waals surface area contributed by atoms with Crippen LogP contribution in [0.5, 0.6) is 23.0 Å². The third kappa shape index (κ3) is 3.24. The quantitative estimate of drug-likeness (QED) is 0.486. The van der Waals surface area contributed by atoms with E-state index in [0.717, 1.165) is 27.4 Å². The second-order valence-electron chi connectivity index (χ2n) is 6.45. The van der Waals surface area contributed by atoms with E-state index < -0.39 is 0 Å². The van der Waals surface area contributed by atoms with Gasteiger partial charge in [-0.2, -0.15) is 0 Å². The minimum Gasteiger partial charge on any atom is -0.496 e. The van der Waals surface area contributed by atoms with Gasteiger partial charge in [-0.1, -0.05) is 12.1 Å². The van der Waals surface area contributed by atoms with Gasteiger partial charge in [-0.15, -0.1) is 0 Å². The lowest BCUT2D eigenvalue weighted by Gasteiger charge is -2.19. The number of para-hydroxylation sites is 2. The summed E-state index contributed by atoms with van der Waals surface area (Å²) in [5, 5.41) is 4.94. The van der Waals surface area contributed by atoms with Crippen LogP contribution in [0.25, 0.3) is 21.8 Å². The fourth-order valence-corrected chi connectivity index (χ4v) is 3.57. The standard InChI is InChI=1S/C22H23N3O4/c1-26-16-9-10-17(27-2)20-19(16)18(28-3)11-13(21(20)29-4)12-23-22-24-14-7-5-6-8-15(14)25-22/h5-11H,12H2,1-4H3,(H2,23,24,25). The molecule has 0 amide bonds. The van der Waals surface area contributed by atoms with Crippen molar-refractivity contribution in [2.24, 2.45) is 0 Å². The van der Waals surface area contributed by atoms with Crippen LogP contribution in [-0.2, 0) is 6.54 Å². The van der Waals surface area contributed by atoms with E-state index in [1.54, 1.807) is 28.4 Å². The van der Waals surface area contributed by atoms with E-state index in [1.807, 2.05) is 42.5 Å². The summed E-state index contributed by atoms with van der Waals surface area (Å²) in [5.74, 6) is 3.43. The van der Waals surface area contributed by atoms with Gasteiger partial charge in [0.1, 0.15) is 23.0 Å². The molecule has 0 fully saturated rings. The van der Waals surface area contributed by atoms with Crippen LogP contribution in [0.2, 0.25) is 0 Å². The van der Waals surface area contributed by atoms with Crippen molar-refractivity contribution in [1.82, 2.24) is 9.97 Å². The first-order chi connectivity index (χ1) is 14.2. The molecule has 0 saturated carbocycles. The molecule has 1 aromatic heterocycles. The van der Waals surface area contributed by atoms with Gasteiger partial charge in [-0.3, -0.25) is 0 Å². The van der Waals surface area contributed by atoms with Crippen molar-refractivity contribution < 1.29 is 18.9 Å². The minimum absolute atomic E-state index is 0.482. The number of anilines is 1. The molecule has 2 N–H and O–H groups in total. The van der Waals surface area contributed by atoms with Crippen LogP contribution >= 0.6 is 0 Å². The fraction of sp³-hybridized carbons (Fsp3) is 0.227. The molecule has 29 heavy (non-hydrogen) atoms. The Hall–Kier alpha value is -3.61. The van der Waals surface area contributed by atoms with Crippen LogP contribution < -0.4 is 24.3 Å². The fourth-order valence-electron chi connectivity index (χ4n) is 3.57. The van der Waals surface area contributed by atoms with Crippen molar-refractivity contribution in [2.75, 3.05) is 33.8 Å². The molecule has 0 bridgehead atoms. The van der Waals surface area contributed by atoms with Crippen LogP contribution in [0.1, 0.15) is 5.56 Å². The Balaban J connectivity index is 1.81. The monoisotopic (exact) mass is 393 g/mol. The molecule has 4 aromatic rings. The molecule has 7 heteroatoms. The number of fused-ring (bicyclic) bond motifs is 2. The average molecular weight is 393 g/mol. The maximum absolute atomic E-state index is 5.79. The van der Waals surface area contributed by atoms with Crippen molar-refractivity contribution in [1.29, 1.82) is 0 Å². The molecule has 1 heterocycles. The van der Waals surface area contributed by atoms with Gasteiger partial charge in [-0.25, -0.2) is 4.98 Å². The number of benzene rings is 3. The molecule has 0 spiro atoms.